The molecule has 0 aliphatic carbocycles. The van der Waals surface area contributed by atoms with E-state index in [-0.39, 0.29) is 18.3 Å². The van der Waals surface area contributed by atoms with Gasteiger partial charge in [-0.1, -0.05) is 0 Å². The minimum absolute atomic E-state index is 0.132. The van der Waals surface area contributed by atoms with Crippen LogP contribution < -0.4 is 10.6 Å². The highest BCUT2D eigenvalue weighted by Gasteiger charge is 2.32. The van der Waals surface area contributed by atoms with Crippen molar-refractivity contribution in [3.05, 3.63) is 96.2 Å². The second-order valence-electron chi connectivity index (χ2n) is 10.0. The molecule has 208 valence electrons. The molecule has 1 aliphatic heterocycles. The highest BCUT2D eigenvalue weighted by molar-refractivity contribution is 7.89. The molecule has 2 atom stereocenters. The molecule has 0 saturated carbocycles. The van der Waals surface area contributed by atoms with Gasteiger partial charge in [0.2, 0.25) is 5.95 Å². The van der Waals surface area contributed by atoms with E-state index in [0.717, 1.165) is 54.3 Å². The van der Waals surface area contributed by atoms with Gasteiger partial charge in [0.15, 0.2) is 4.90 Å². The smallest absolute Gasteiger partial charge is 0.229 e. The number of aryl methyl sites for hydroxylation is 1. The molecule has 8 nitrogen and oxygen atoms in total. The SMILES string of the molecule is Cc1ccnc(CC(CO)C2CCN([S+]([O-])c3ccc(Nc4nccc(Nc5ccc(F)cc5)n4)cc3)CC2)c1. The summed E-state index contributed by atoms with van der Waals surface area (Å²) in [7, 11) is 0. The van der Waals surface area contributed by atoms with Crippen molar-refractivity contribution < 1.29 is 14.0 Å². The number of rotatable bonds is 10. The van der Waals surface area contributed by atoms with E-state index in [1.165, 1.54) is 17.7 Å². The zero-order valence-corrected chi connectivity index (χ0v) is 23.1. The van der Waals surface area contributed by atoms with E-state index in [1.807, 2.05) is 40.8 Å². The first kappa shape index (κ1) is 28.0. The average molecular weight is 561 g/mol. The summed E-state index contributed by atoms with van der Waals surface area (Å²) in [5.41, 5.74) is 3.68. The van der Waals surface area contributed by atoms with E-state index in [4.69, 9.17) is 0 Å². The maximum atomic E-state index is 13.3. The van der Waals surface area contributed by atoms with Crippen molar-refractivity contribution in [2.75, 3.05) is 30.3 Å². The molecule has 3 heterocycles. The van der Waals surface area contributed by atoms with Crippen LogP contribution in [0.1, 0.15) is 24.1 Å². The van der Waals surface area contributed by atoms with Gasteiger partial charge in [-0.15, -0.1) is 4.31 Å². The standard InChI is InChI=1S/C30H33FN6O2S/c1-21-10-14-32-27(18-21)19-23(20-38)22-12-16-37(17-13-22)40(39)28-8-6-26(7-9-28)35-30-33-15-11-29(36-30)34-25-4-2-24(31)3-5-25/h2-11,14-15,18,22-23,38H,12-13,16-17,19-20H2,1H3,(H2,33,34,35,36). The second-order valence-corrected chi connectivity index (χ2v) is 11.5. The first-order valence-corrected chi connectivity index (χ1v) is 14.5. The molecule has 1 aliphatic rings. The Kier molecular flexibility index (Phi) is 9.22. The summed E-state index contributed by atoms with van der Waals surface area (Å²) in [6.45, 7) is 3.62. The van der Waals surface area contributed by atoms with E-state index in [9.17, 15) is 14.0 Å². The first-order chi connectivity index (χ1) is 19.5. The van der Waals surface area contributed by atoms with Gasteiger partial charge in [0.1, 0.15) is 11.6 Å². The van der Waals surface area contributed by atoms with Gasteiger partial charge in [0.05, 0.1) is 11.4 Å². The van der Waals surface area contributed by atoms with Crippen LogP contribution in [-0.4, -0.2) is 48.6 Å². The van der Waals surface area contributed by atoms with Gasteiger partial charge in [0, 0.05) is 49.2 Å². The van der Waals surface area contributed by atoms with Crippen molar-refractivity contribution in [1.82, 2.24) is 19.3 Å². The van der Waals surface area contributed by atoms with Crippen molar-refractivity contribution in [3.8, 4) is 0 Å². The van der Waals surface area contributed by atoms with Gasteiger partial charge in [0.25, 0.3) is 0 Å². The lowest BCUT2D eigenvalue weighted by Crippen LogP contribution is -2.41. The third-order valence-corrected chi connectivity index (χ3v) is 8.67. The van der Waals surface area contributed by atoms with Crippen LogP contribution in [-0.2, 0) is 17.8 Å². The topological polar surface area (TPSA) is 109 Å². The predicted octanol–water partition coefficient (Wildman–Crippen LogP) is 5.39. The molecule has 0 spiro atoms. The zero-order chi connectivity index (χ0) is 27.9. The Hall–Kier alpha value is -3.57. The van der Waals surface area contributed by atoms with Crippen LogP contribution in [0.2, 0.25) is 0 Å². The monoisotopic (exact) mass is 560 g/mol. The minimum Gasteiger partial charge on any atom is -0.593 e. The number of aliphatic hydroxyl groups excluding tert-OH is 1. The molecule has 2 aromatic carbocycles. The molecule has 0 radical (unpaired) electrons. The Labute approximate surface area is 237 Å². The van der Waals surface area contributed by atoms with Crippen molar-refractivity contribution in [2.45, 2.75) is 31.1 Å². The van der Waals surface area contributed by atoms with Crippen LogP contribution in [0.4, 0.5) is 27.5 Å². The van der Waals surface area contributed by atoms with Crippen molar-refractivity contribution in [3.63, 3.8) is 0 Å². The fourth-order valence-corrected chi connectivity index (χ4v) is 6.18. The van der Waals surface area contributed by atoms with E-state index >= 15 is 0 Å². The van der Waals surface area contributed by atoms with E-state index in [2.05, 4.69) is 38.6 Å². The van der Waals surface area contributed by atoms with Gasteiger partial charge >= 0.3 is 0 Å². The minimum atomic E-state index is -1.26. The largest absolute Gasteiger partial charge is 0.593 e. The van der Waals surface area contributed by atoms with Crippen LogP contribution in [0.25, 0.3) is 0 Å². The number of hydrogen-bond donors (Lipinski definition) is 3. The summed E-state index contributed by atoms with van der Waals surface area (Å²) in [4.78, 5) is 13.9. The van der Waals surface area contributed by atoms with Gasteiger partial charge in [-0.05, 0) is 110 Å². The zero-order valence-electron chi connectivity index (χ0n) is 22.3. The number of aromatic nitrogens is 3. The summed E-state index contributed by atoms with van der Waals surface area (Å²) in [6.07, 6.45) is 6.00. The number of benzene rings is 2. The maximum absolute atomic E-state index is 13.3. The van der Waals surface area contributed by atoms with Gasteiger partial charge < -0.3 is 20.3 Å². The Morgan fingerprint density at radius 3 is 2.35 bits per heavy atom. The normalized spacial score (nSPS) is 15.9. The van der Waals surface area contributed by atoms with Gasteiger partial charge in [-0.2, -0.15) is 4.98 Å². The Balaban J connectivity index is 1.14. The molecule has 1 saturated heterocycles. The Morgan fingerprint density at radius 1 is 0.975 bits per heavy atom. The molecular weight excluding hydrogens is 527 g/mol. The number of pyridine rings is 1. The van der Waals surface area contributed by atoms with E-state index < -0.39 is 11.4 Å². The summed E-state index contributed by atoms with van der Waals surface area (Å²) in [5.74, 6) is 1.21. The Bertz CT molecular complexity index is 1380. The number of halogens is 1. The molecule has 40 heavy (non-hydrogen) atoms. The highest BCUT2D eigenvalue weighted by Crippen LogP contribution is 2.31. The highest BCUT2D eigenvalue weighted by atomic mass is 32.2. The molecule has 5 rings (SSSR count). The van der Waals surface area contributed by atoms with Crippen LogP contribution in [0.3, 0.4) is 0 Å². The van der Waals surface area contributed by atoms with Gasteiger partial charge in [-0.25, -0.2) is 9.37 Å². The quantitative estimate of drug-likeness (QED) is 0.222. The lowest BCUT2D eigenvalue weighted by Gasteiger charge is -2.35. The molecule has 3 N–H and O–H groups in total. The second kappa shape index (κ2) is 13.2. The fourth-order valence-electron chi connectivity index (χ4n) is 4.97. The van der Waals surface area contributed by atoms with E-state index in [0.29, 0.717) is 17.7 Å². The maximum Gasteiger partial charge on any atom is 0.229 e. The average Bonchev–Trinajstić information content (AvgIpc) is 2.97. The fraction of sp³-hybridized carbons (Fsp3) is 0.300. The van der Waals surface area contributed by atoms with Crippen LogP contribution in [0, 0.1) is 24.6 Å². The molecular formula is C30H33FN6O2S. The summed E-state index contributed by atoms with van der Waals surface area (Å²) in [6, 6.07) is 19.3. The number of aliphatic hydroxyl groups is 1. The lowest BCUT2D eigenvalue weighted by atomic mass is 9.82. The lowest BCUT2D eigenvalue weighted by molar-refractivity contribution is 0.133. The van der Waals surface area contributed by atoms with Gasteiger partial charge in [-0.3, -0.25) is 4.98 Å². The van der Waals surface area contributed by atoms with Crippen LogP contribution in [0.5, 0.6) is 0 Å². The van der Waals surface area contributed by atoms with E-state index in [1.54, 1.807) is 24.4 Å². The summed E-state index contributed by atoms with van der Waals surface area (Å²) in [5, 5.41) is 16.3. The molecule has 10 heteroatoms. The number of nitrogens with one attached hydrogen (secondary N) is 2. The third-order valence-electron chi connectivity index (χ3n) is 7.16. The third kappa shape index (κ3) is 7.33. The molecule has 4 aromatic rings. The van der Waals surface area contributed by atoms with Crippen LogP contribution in [0.15, 0.2) is 84.0 Å². The number of piperidine rings is 1. The molecule has 1 fully saturated rings. The van der Waals surface area contributed by atoms with Crippen molar-refractivity contribution in [1.29, 1.82) is 0 Å². The predicted molar refractivity (Wildman–Crippen MR) is 155 cm³/mol. The number of anilines is 4. The molecule has 2 unspecified atom stereocenters. The van der Waals surface area contributed by atoms with Crippen molar-refractivity contribution >= 4 is 34.5 Å². The Morgan fingerprint density at radius 2 is 1.65 bits per heavy atom. The number of nitrogens with zero attached hydrogens (tertiary/aromatic N) is 4. The first-order valence-electron chi connectivity index (χ1n) is 13.4. The van der Waals surface area contributed by atoms with Crippen molar-refractivity contribution in [2.24, 2.45) is 11.8 Å². The summed E-state index contributed by atoms with van der Waals surface area (Å²) < 4.78 is 28.4. The number of hydrogen-bond acceptors (Lipinski definition) is 8. The molecule has 2 aromatic heterocycles. The molecule has 0 bridgehead atoms. The van der Waals surface area contributed by atoms with Crippen LogP contribution >= 0.6 is 0 Å². The summed E-state index contributed by atoms with van der Waals surface area (Å²) >= 11 is -1.26. The molecule has 0 amide bonds.